The molecule has 1 heterocycles. The van der Waals surface area contributed by atoms with Crippen LogP contribution in [0.3, 0.4) is 0 Å². The highest BCUT2D eigenvalue weighted by molar-refractivity contribution is 7.94. The number of phenols is 1. The van der Waals surface area contributed by atoms with Crippen LogP contribution in [0, 0.1) is 13.8 Å². The summed E-state index contributed by atoms with van der Waals surface area (Å²) >= 11 is 0.523. The Labute approximate surface area is 370 Å². The van der Waals surface area contributed by atoms with Gasteiger partial charge in [0.25, 0.3) is 20.2 Å². The fourth-order valence-electron chi connectivity index (χ4n) is 6.50. The van der Waals surface area contributed by atoms with Crippen LogP contribution in [0.2, 0.25) is 0 Å². The van der Waals surface area contributed by atoms with Gasteiger partial charge in [0.2, 0.25) is 0 Å². The molecule has 21 nitrogen and oxygen atoms in total. The van der Waals surface area contributed by atoms with E-state index in [1.807, 2.05) is 6.92 Å². The zero-order chi connectivity index (χ0) is 46.2. The summed E-state index contributed by atoms with van der Waals surface area (Å²) in [5.74, 6) is -1.35. The van der Waals surface area contributed by atoms with Gasteiger partial charge in [-0.05, 0) is 133 Å². The van der Waals surface area contributed by atoms with E-state index >= 15 is 0 Å². The minimum Gasteiger partial charge on any atom is -0.505 e. The number of carboxylic acids is 1. The number of azo groups is 3. The first-order valence-electron chi connectivity index (χ1n) is 18.5. The molecule has 5 N–H and O–H groups in total. The fraction of sp³-hybridized carbons (Fsp3) is 0.0488. The van der Waals surface area contributed by atoms with Crippen LogP contribution in [0.5, 0.6) is 5.75 Å². The highest BCUT2D eigenvalue weighted by atomic mass is 32.2. The summed E-state index contributed by atoms with van der Waals surface area (Å²) in [6, 6.07) is 27.0. The summed E-state index contributed by atoms with van der Waals surface area (Å²) in [6.45, 7) is 3.60. The maximum atomic E-state index is 12.2. The average Bonchev–Trinajstić information content (AvgIpc) is 3.72. The normalized spacial score (nSPS) is 12.5. The number of carboxylic acid groups (broad SMARTS) is 1. The van der Waals surface area contributed by atoms with E-state index in [1.165, 1.54) is 29.1 Å². The van der Waals surface area contributed by atoms with Crippen molar-refractivity contribution in [1.29, 1.82) is 0 Å². The number of aromatic hydroxyl groups is 1. The first kappa shape index (κ1) is 44.2. The molecular formula is C41H29N9O12S3. The average molecular weight is 936 g/mol. The summed E-state index contributed by atoms with van der Waals surface area (Å²) < 4.78 is 72.7. The minimum absolute atomic E-state index is 0.0362. The van der Waals surface area contributed by atoms with Crippen molar-refractivity contribution in [1.82, 2.24) is 15.0 Å². The van der Waals surface area contributed by atoms with Crippen LogP contribution in [0.4, 0.5) is 34.1 Å². The Morgan fingerprint density at radius 1 is 0.662 bits per heavy atom. The second-order valence-corrected chi connectivity index (χ2v) is 17.5. The van der Waals surface area contributed by atoms with E-state index in [0.29, 0.717) is 74.1 Å². The Morgan fingerprint density at radius 3 is 1.83 bits per heavy atom. The van der Waals surface area contributed by atoms with Crippen molar-refractivity contribution in [3.05, 3.63) is 126 Å². The van der Waals surface area contributed by atoms with Gasteiger partial charge in [0.05, 0.1) is 61.5 Å². The number of nitrogens with zero attached hydrogens (tertiary/aromatic N) is 9. The third kappa shape index (κ3) is 9.45. The monoisotopic (exact) mass is 935 g/mol. The van der Waals surface area contributed by atoms with Crippen molar-refractivity contribution in [2.45, 2.75) is 28.5 Å². The number of hydrogen-bond donors (Lipinski definition) is 5. The van der Waals surface area contributed by atoms with E-state index in [4.69, 9.17) is 14.7 Å². The van der Waals surface area contributed by atoms with E-state index in [0.717, 1.165) is 6.07 Å². The molecule has 1 aromatic heterocycles. The van der Waals surface area contributed by atoms with Gasteiger partial charge in [-0.15, -0.1) is 19.6 Å². The van der Waals surface area contributed by atoms with Crippen molar-refractivity contribution in [2.75, 3.05) is 0 Å². The van der Waals surface area contributed by atoms with Crippen LogP contribution >= 0.6 is 12.0 Å². The Morgan fingerprint density at radius 2 is 1.25 bits per heavy atom. The molecule has 0 bridgehead atoms. The van der Waals surface area contributed by atoms with Gasteiger partial charge < -0.3 is 10.2 Å². The van der Waals surface area contributed by atoms with Crippen LogP contribution in [0.1, 0.15) is 21.5 Å². The highest BCUT2D eigenvalue weighted by Gasteiger charge is 2.23. The van der Waals surface area contributed by atoms with Crippen molar-refractivity contribution in [2.24, 2.45) is 30.7 Å². The third-order valence-electron chi connectivity index (χ3n) is 9.70. The molecule has 7 aromatic carbocycles. The van der Waals surface area contributed by atoms with E-state index in [2.05, 4.69) is 45.9 Å². The molecule has 328 valence electrons. The standard InChI is InChI=1S/C41H29N9O12S3/c1-21-16-35(22(2)15-34(21)45-44-27-9-7-26(8-10-27)43-42-25-5-3-23(4-6-25)41(52)53)46-47-39-36(63-62-61-54)18-24-17-28(11-12-30(24)40(39)51)50-48-33-14-13-31-32(38(33)49-50)19-29(64(55,56)57)20-37(31)65(58,59)60/h3-20,51,54H,1-2H3,(H,52,53)(H,55,56,57)(H,58,59,60). The summed E-state index contributed by atoms with van der Waals surface area (Å²) in [4.78, 5) is 10.8. The lowest BCUT2D eigenvalue weighted by atomic mass is 10.1. The number of aromatic carboxylic acids is 1. The van der Waals surface area contributed by atoms with Crippen LogP contribution in [0.25, 0.3) is 38.3 Å². The van der Waals surface area contributed by atoms with Gasteiger partial charge in [0.15, 0.2) is 5.75 Å². The molecule has 0 amide bonds. The van der Waals surface area contributed by atoms with Crippen molar-refractivity contribution < 1.29 is 55.6 Å². The van der Waals surface area contributed by atoms with Crippen LogP contribution in [-0.2, 0) is 29.6 Å². The van der Waals surface area contributed by atoms with Crippen molar-refractivity contribution >= 4 is 105 Å². The van der Waals surface area contributed by atoms with E-state index in [-0.39, 0.29) is 43.7 Å². The number of aryl methyl sites for hydroxylation is 2. The van der Waals surface area contributed by atoms with Crippen molar-refractivity contribution in [3.8, 4) is 11.4 Å². The van der Waals surface area contributed by atoms with Crippen molar-refractivity contribution in [3.63, 3.8) is 0 Å². The maximum Gasteiger partial charge on any atom is 0.335 e. The second kappa shape index (κ2) is 17.6. The third-order valence-corrected chi connectivity index (χ3v) is 12.0. The number of carbonyl (C=O) groups is 1. The van der Waals surface area contributed by atoms with Gasteiger partial charge in [0.1, 0.15) is 21.6 Å². The molecule has 8 aromatic rings. The maximum absolute atomic E-state index is 12.2. The van der Waals surface area contributed by atoms with Gasteiger partial charge in [-0.1, -0.05) is 11.1 Å². The lowest BCUT2D eigenvalue weighted by Gasteiger charge is -2.10. The molecule has 0 spiro atoms. The second-order valence-electron chi connectivity index (χ2n) is 14.0. The zero-order valence-corrected chi connectivity index (χ0v) is 35.7. The SMILES string of the molecule is Cc1cc(N=Nc2c(SOOO)cc3cc(-n4nc5ccc6c(S(=O)(=O)O)cc(S(=O)(=O)O)cc6c5n4)ccc3c2O)c(C)cc1N=Nc1ccc(N=Nc2ccc(C(=O)O)cc2)cc1. The number of rotatable bonds is 13. The Hall–Kier alpha value is -7.42. The van der Waals surface area contributed by atoms with Gasteiger partial charge >= 0.3 is 5.97 Å². The minimum atomic E-state index is -4.94. The van der Waals surface area contributed by atoms with Gasteiger partial charge in [-0.25, -0.2) is 10.1 Å². The van der Waals surface area contributed by atoms with Crippen LogP contribution in [0.15, 0.2) is 155 Å². The van der Waals surface area contributed by atoms with E-state index in [1.54, 1.807) is 79.7 Å². The molecule has 65 heavy (non-hydrogen) atoms. The zero-order valence-electron chi connectivity index (χ0n) is 33.2. The molecule has 8 rings (SSSR count). The number of hydrogen-bond acceptors (Lipinski definition) is 18. The molecule has 0 unspecified atom stereocenters. The van der Waals surface area contributed by atoms with Crippen LogP contribution in [-0.4, -0.2) is 62.4 Å². The molecule has 0 saturated carbocycles. The largest absolute Gasteiger partial charge is 0.505 e. The molecule has 24 heteroatoms. The first-order valence-corrected chi connectivity index (χ1v) is 22.1. The molecular weight excluding hydrogens is 907 g/mol. The quantitative estimate of drug-likeness (QED) is 0.0236. The molecule has 0 atom stereocenters. The predicted molar refractivity (Wildman–Crippen MR) is 234 cm³/mol. The number of aromatic nitrogens is 3. The molecule has 0 aliphatic heterocycles. The van der Waals surface area contributed by atoms with Gasteiger partial charge in [-0.3, -0.25) is 9.11 Å². The van der Waals surface area contributed by atoms with Gasteiger partial charge in [0, 0.05) is 16.2 Å². The first-order chi connectivity index (χ1) is 31.0. The number of phenolic OH excluding ortho intramolecular Hbond substituents is 1. The molecule has 0 saturated heterocycles. The Balaban J connectivity index is 1.05. The molecule has 0 radical (unpaired) electrons. The Bertz CT molecular complexity index is 3550. The predicted octanol–water partition coefficient (Wildman–Crippen LogP) is 10.9. The summed E-state index contributed by atoms with van der Waals surface area (Å²) in [6.07, 6.45) is 0. The van der Waals surface area contributed by atoms with Gasteiger partial charge in [-0.2, -0.15) is 47.2 Å². The molecule has 0 aliphatic rings. The summed E-state index contributed by atoms with van der Waals surface area (Å²) in [7, 11) is -9.85. The number of benzene rings is 7. The Kier molecular flexibility index (Phi) is 12.0. The summed E-state index contributed by atoms with van der Waals surface area (Å²) in [5.41, 5.74) is 4.65. The van der Waals surface area contributed by atoms with E-state index in [9.17, 15) is 35.8 Å². The molecule has 0 aliphatic carbocycles. The van der Waals surface area contributed by atoms with Crippen LogP contribution < -0.4 is 0 Å². The topological polar surface area (TPSA) is 310 Å². The number of fused-ring (bicyclic) bond motifs is 4. The fourth-order valence-corrected chi connectivity index (χ4v) is 8.33. The highest BCUT2D eigenvalue weighted by Crippen LogP contribution is 2.45. The lowest BCUT2D eigenvalue weighted by Crippen LogP contribution is -2.04. The lowest BCUT2D eigenvalue weighted by molar-refractivity contribution is -0.432. The van der Waals surface area contributed by atoms with E-state index < -0.39 is 36.0 Å². The summed E-state index contributed by atoms with van der Waals surface area (Å²) in [5, 5.41) is 68.6. The smallest absolute Gasteiger partial charge is 0.335 e. The molecule has 0 fully saturated rings.